The first-order chi connectivity index (χ1) is 8.41. The molecule has 94 valence electrons. The Morgan fingerprint density at radius 3 is 2.56 bits per heavy atom. The molecule has 0 saturated carbocycles. The van der Waals surface area contributed by atoms with Crippen LogP contribution in [0.5, 0.6) is 0 Å². The summed E-state index contributed by atoms with van der Waals surface area (Å²) in [5.41, 5.74) is 3.49. The lowest BCUT2D eigenvalue weighted by Crippen LogP contribution is -2.13. The van der Waals surface area contributed by atoms with E-state index in [1.807, 2.05) is 0 Å². The fourth-order valence-electron chi connectivity index (χ4n) is 1.54. The zero-order valence-corrected chi connectivity index (χ0v) is 8.86. The third kappa shape index (κ3) is 2.06. The number of primary amides is 1. The summed E-state index contributed by atoms with van der Waals surface area (Å²) in [7, 11) is 0. The second kappa shape index (κ2) is 4.17. The van der Waals surface area contributed by atoms with E-state index in [4.69, 9.17) is 5.73 Å². The lowest BCUT2D eigenvalue weighted by atomic mass is 10.0. The summed E-state index contributed by atoms with van der Waals surface area (Å²) in [5.74, 6) is -0.900. The van der Waals surface area contributed by atoms with Crippen molar-refractivity contribution in [2.75, 3.05) is 0 Å². The first-order valence-corrected chi connectivity index (χ1v) is 4.82. The van der Waals surface area contributed by atoms with Crippen molar-refractivity contribution in [2.24, 2.45) is 5.73 Å². The van der Waals surface area contributed by atoms with E-state index in [-0.39, 0.29) is 16.8 Å². The van der Waals surface area contributed by atoms with Crippen molar-refractivity contribution < 1.29 is 22.5 Å². The quantitative estimate of drug-likeness (QED) is 0.897. The number of rotatable bonds is 2. The maximum absolute atomic E-state index is 12.8. The third-order valence-corrected chi connectivity index (χ3v) is 2.32. The van der Waals surface area contributed by atoms with E-state index in [1.54, 1.807) is 0 Å². The van der Waals surface area contributed by atoms with Gasteiger partial charge < -0.3 is 10.3 Å². The number of hydrogen-bond donors (Lipinski definition) is 1. The highest BCUT2D eigenvalue weighted by atomic mass is 19.4. The fraction of sp³-hybridized carbons (Fsp3) is 0.0909. The molecule has 0 fully saturated rings. The molecule has 0 atom stereocenters. The zero-order valence-electron chi connectivity index (χ0n) is 8.86. The van der Waals surface area contributed by atoms with E-state index in [9.17, 15) is 18.0 Å². The van der Waals surface area contributed by atoms with Crippen LogP contribution < -0.4 is 5.73 Å². The number of carbonyl (C=O) groups excluding carboxylic acids is 1. The molecule has 18 heavy (non-hydrogen) atoms. The molecule has 0 saturated heterocycles. The highest BCUT2D eigenvalue weighted by Gasteiger charge is 2.34. The van der Waals surface area contributed by atoms with Gasteiger partial charge in [0.1, 0.15) is 17.5 Å². The molecule has 2 N–H and O–H groups in total. The minimum Gasteiger partial charge on any atom is -0.365 e. The van der Waals surface area contributed by atoms with Crippen LogP contribution in [0.25, 0.3) is 11.3 Å². The molecule has 1 heterocycles. The molecule has 4 nitrogen and oxygen atoms in total. The normalized spacial score (nSPS) is 11.5. The molecular formula is C11H7F3N2O2. The number of alkyl halides is 3. The van der Waals surface area contributed by atoms with Crippen LogP contribution in [0.3, 0.4) is 0 Å². The number of nitrogens with zero attached hydrogens (tertiary/aromatic N) is 1. The van der Waals surface area contributed by atoms with E-state index >= 15 is 0 Å². The molecule has 1 amide bonds. The molecule has 0 radical (unpaired) electrons. The van der Waals surface area contributed by atoms with E-state index in [2.05, 4.69) is 9.68 Å². The molecule has 0 unspecified atom stereocenters. The van der Waals surface area contributed by atoms with Gasteiger partial charge in [0.25, 0.3) is 5.91 Å². The smallest absolute Gasteiger partial charge is 0.365 e. The Balaban J connectivity index is 2.65. The molecule has 0 aliphatic heterocycles. The molecule has 0 bridgehead atoms. The van der Waals surface area contributed by atoms with Gasteiger partial charge >= 0.3 is 6.18 Å². The first kappa shape index (κ1) is 12.2. The molecule has 1 aromatic heterocycles. The monoisotopic (exact) mass is 256 g/mol. The van der Waals surface area contributed by atoms with E-state index in [0.29, 0.717) is 0 Å². The fourth-order valence-corrected chi connectivity index (χ4v) is 1.54. The van der Waals surface area contributed by atoms with Gasteiger partial charge in [0, 0.05) is 5.56 Å². The van der Waals surface area contributed by atoms with Crippen LogP contribution in [-0.2, 0) is 6.18 Å². The third-order valence-electron chi connectivity index (χ3n) is 2.32. The highest BCUT2D eigenvalue weighted by molar-refractivity contribution is 5.98. The van der Waals surface area contributed by atoms with Crippen LogP contribution in [0, 0.1) is 0 Å². The second-order valence-corrected chi connectivity index (χ2v) is 3.48. The van der Waals surface area contributed by atoms with Gasteiger partial charge in [0.05, 0.1) is 5.56 Å². The predicted molar refractivity (Wildman–Crippen MR) is 55.5 cm³/mol. The van der Waals surface area contributed by atoms with Gasteiger partial charge in [-0.05, 0) is 6.07 Å². The molecule has 2 rings (SSSR count). The van der Waals surface area contributed by atoms with Crippen LogP contribution in [0.2, 0.25) is 0 Å². The number of amides is 1. The lowest BCUT2D eigenvalue weighted by molar-refractivity contribution is -0.137. The van der Waals surface area contributed by atoms with Crippen molar-refractivity contribution in [2.45, 2.75) is 6.18 Å². The number of hydrogen-bond acceptors (Lipinski definition) is 3. The van der Waals surface area contributed by atoms with Crippen molar-refractivity contribution in [1.29, 1.82) is 0 Å². The van der Waals surface area contributed by atoms with E-state index in [0.717, 1.165) is 12.3 Å². The molecule has 1 aromatic carbocycles. The molecule has 0 aliphatic rings. The van der Waals surface area contributed by atoms with Crippen LogP contribution in [0.15, 0.2) is 35.1 Å². The van der Waals surface area contributed by atoms with E-state index in [1.165, 1.54) is 18.2 Å². The van der Waals surface area contributed by atoms with Gasteiger partial charge in [0.15, 0.2) is 0 Å². The van der Waals surface area contributed by atoms with Crippen LogP contribution in [0.4, 0.5) is 13.2 Å². The number of benzene rings is 1. The van der Waals surface area contributed by atoms with Crippen LogP contribution >= 0.6 is 0 Å². The summed E-state index contributed by atoms with van der Waals surface area (Å²) in [6, 6.07) is 4.75. The Kier molecular flexibility index (Phi) is 2.82. The van der Waals surface area contributed by atoms with Crippen molar-refractivity contribution in [3.63, 3.8) is 0 Å². The van der Waals surface area contributed by atoms with Gasteiger partial charge in [-0.2, -0.15) is 13.2 Å². The molecule has 2 aromatic rings. The molecule has 7 heteroatoms. The maximum Gasteiger partial charge on any atom is 0.417 e. The molecule has 0 aliphatic carbocycles. The molecule has 0 spiro atoms. The lowest BCUT2D eigenvalue weighted by Gasteiger charge is -2.10. The standard InChI is InChI=1S/C11H7F3N2O2/c12-11(13,14)8-4-2-1-3-6(8)9-7(10(15)17)5-18-16-9/h1-5H,(H2,15,17). The number of halogens is 3. The Hall–Kier alpha value is -2.31. The topological polar surface area (TPSA) is 69.1 Å². The van der Waals surface area contributed by atoms with Gasteiger partial charge in [-0.1, -0.05) is 23.4 Å². The van der Waals surface area contributed by atoms with Crippen molar-refractivity contribution in [1.82, 2.24) is 5.16 Å². The summed E-state index contributed by atoms with van der Waals surface area (Å²) in [4.78, 5) is 11.1. The van der Waals surface area contributed by atoms with Gasteiger partial charge in [-0.25, -0.2) is 0 Å². The number of nitrogens with two attached hydrogens (primary N) is 1. The minimum atomic E-state index is -4.55. The van der Waals surface area contributed by atoms with Crippen molar-refractivity contribution in [3.8, 4) is 11.3 Å². The Morgan fingerprint density at radius 2 is 1.94 bits per heavy atom. The Morgan fingerprint density at radius 1 is 1.28 bits per heavy atom. The average molecular weight is 256 g/mol. The molecular weight excluding hydrogens is 249 g/mol. The summed E-state index contributed by atoms with van der Waals surface area (Å²) in [5, 5.41) is 3.41. The van der Waals surface area contributed by atoms with E-state index < -0.39 is 17.6 Å². The highest BCUT2D eigenvalue weighted by Crippen LogP contribution is 2.37. The van der Waals surface area contributed by atoms with Crippen molar-refractivity contribution in [3.05, 3.63) is 41.7 Å². The Labute approximate surface area is 99.2 Å². The average Bonchev–Trinajstić information content (AvgIpc) is 2.76. The van der Waals surface area contributed by atoms with Gasteiger partial charge in [-0.3, -0.25) is 4.79 Å². The summed E-state index contributed by atoms with van der Waals surface area (Å²) in [6.07, 6.45) is -3.63. The van der Waals surface area contributed by atoms with Gasteiger partial charge in [-0.15, -0.1) is 0 Å². The summed E-state index contributed by atoms with van der Waals surface area (Å²) >= 11 is 0. The zero-order chi connectivity index (χ0) is 13.3. The maximum atomic E-state index is 12.8. The van der Waals surface area contributed by atoms with Gasteiger partial charge in [0.2, 0.25) is 0 Å². The number of aromatic nitrogens is 1. The van der Waals surface area contributed by atoms with Crippen molar-refractivity contribution >= 4 is 5.91 Å². The predicted octanol–water partition coefficient (Wildman–Crippen LogP) is 2.46. The first-order valence-electron chi connectivity index (χ1n) is 4.82. The SMILES string of the molecule is NC(=O)c1conc1-c1ccccc1C(F)(F)F. The largest absolute Gasteiger partial charge is 0.417 e. The van der Waals surface area contributed by atoms with Crippen LogP contribution in [-0.4, -0.2) is 11.1 Å². The minimum absolute atomic E-state index is 0.188. The number of carbonyl (C=O) groups is 1. The Bertz CT molecular complexity index is 590. The second-order valence-electron chi connectivity index (χ2n) is 3.48. The summed E-state index contributed by atoms with van der Waals surface area (Å²) < 4.78 is 42.9. The van der Waals surface area contributed by atoms with Crippen LogP contribution in [0.1, 0.15) is 15.9 Å². The summed E-state index contributed by atoms with van der Waals surface area (Å²) in [6.45, 7) is 0.